The Labute approximate surface area is 160 Å². The number of halogens is 3. The van der Waals surface area contributed by atoms with Crippen LogP contribution in [0.1, 0.15) is 5.56 Å². The standard InChI is InChI=1S/C19H12Cl3NS/c20-14-3-8-17(9-4-14)24-16-6-1-13(2-7-16)12-23-19-10-5-15(21)11-18(19)22/h1-12H. The van der Waals surface area contributed by atoms with Crippen LogP contribution < -0.4 is 0 Å². The highest BCUT2D eigenvalue weighted by Crippen LogP contribution is 2.29. The van der Waals surface area contributed by atoms with Crippen LogP contribution in [0.5, 0.6) is 0 Å². The van der Waals surface area contributed by atoms with E-state index in [9.17, 15) is 0 Å². The molecule has 5 heteroatoms. The van der Waals surface area contributed by atoms with E-state index in [2.05, 4.69) is 17.1 Å². The molecule has 0 heterocycles. The van der Waals surface area contributed by atoms with Crippen molar-refractivity contribution in [2.45, 2.75) is 9.79 Å². The lowest BCUT2D eigenvalue weighted by atomic mass is 10.2. The third kappa shape index (κ3) is 4.78. The molecule has 0 aliphatic heterocycles. The van der Waals surface area contributed by atoms with Crippen LogP contribution in [0.3, 0.4) is 0 Å². The van der Waals surface area contributed by atoms with E-state index in [-0.39, 0.29) is 0 Å². The smallest absolute Gasteiger partial charge is 0.0817 e. The molecule has 0 spiro atoms. The third-order valence-electron chi connectivity index (χ3n) is 3.19. The summed E-state index contributed by atoms with van der Waals surface area (Å²) in [7, 11) is 0. The zero-order chi connectivity index (χ0) is 16.9. The second kappa shape index (κ2) is 8.09. The molecule has 0 amide bonds. The molecule has 3 aromatic rings. The summed E-state index contributed by atoms with van der Waals surface area (Å²) in [6, 6.07) is 21.2. The van der Waals surface area contributed by atoms with Crippen molar-refractivity contribution >= 4 is 58.5 Å². The zero-order valence-electron chi connectivity index (χ0n) is 12.4. The van der Waals surface area contributed by atoms with Gasteiger partial charge in [0.1, 0.15) is 0 Å². The SMILES string of the molecule is Clc1ccc(Sc2ccc(C=Nc3ccc(Cl)cc3Cl)cc2)cc1. The van der Waals surface area contributed by atoms with Gasteiger partial charge >= 0.3 is 0 Å². The minimum atomic E-state index is 0.536. The monoisotopic (exact) mass is 391 g/mol. The van der Waals surface area contributed by atoms with Crippen molar-refractivity contribution in [1.82, 2.24) is 0 Å². The van der Waals surface area contributed by atoms with E-state index < -0.39 is 0 Å². The Morgan fingerprint density at radius 3 is 1.92 bits per heavy atom. The molecule has 3 rings (SSSR count). The van der Waals surface area contributed by atoms with Crippen molar-refractivity contribution in [2.75, 3.05) is 0 Å². The number of nitrogens with zero attached hydrogens (tertiary/aromatic N) is 1. The second-order valence-corrected chi connectivity index (χ2v) is 7.41. The van der Waals surface area contributed by atoms with Gasteiger partial charge in [0.05, 0.1) is 10.7 Å². The third-order valence-corrected chi connectivity index (χ3v) is 5.00. The van der Waals surface area contributed by atoms with E-state index in [0.29, 0.717) is 15.7 Å². The average molecular weight is 393 g/mol. The van der Waals surface area contributed by atoms with E-state index >= 15 is 0 Å². The Hall–Kier alpha value is -1.45. The maximum absolute atomic E-state index is 6.11. The van der Waals surface area contributed by atoms with E-state index in [1.54, 1.807) is 36.2 Å². The second-order valence-electron chi connectivity index (χ2n) is 4.98. The van der Waals surface area contributed by atoms with E-state index in [4.69, 9.17) is 34.8 Å². The van der Waals surface area contributed by atoms with Crippen molar-refractivity contribution < 1.29 is 0 Å². The quantitative estimate of drug-likeness (QED) is 0.417. The number of aliphatic imine (C=N–C) groups is 1. The van der Waals surface area contributed by atoms with Crippen molar-refractivity contribution in [1.29, 1.82) is 0 Å². The fourth-order valence-corrected chi connectivity index (χ4v) is 3.39. The Morgan fingerprint density at radius 2 is 1.29 bits per heavy atom. The van der Waals surface area contributed by atoms with Gasteiger partial charge in [-0.05, 0) is 60.2 Å². The van der Waals surface area contributed by atoms with Crippen LogP contribution in [0.25, 0.3) is 0 Å². The molecule has 0 aliphatic carbocycles. The highest BCUT2D eigenvalue weighted by molar-refractivity contribution is 7.99. The van der Waals surface area contributed by atoms with Gasteiger partial charge in [0, 0.05) is 26.1 Å². The number of benzene rings is 3. The molecule has 1 nitrogen and oxygen atoms in total. The molecule has 0 saturated carbocycles. The summed E-state index contributed by atoms with van der Waals surface area (Å²) in [5.74, 6) is 0. The average Bonchev–Trinajstić information content (AvgIpc) is 2.57. The molecule has 0 fully saturated rings. The largest absolute Gasteiger partial charge is 0.255 e. The summed E-state index contributed by atoms with van der Waals surface area (Å²) in [6.45, 7) is 0. The molecule has 0 aromatic heterocycles. The van der Waals surface area contributed by atoms with Gasteiger partial charge < -0.3 is 0 Å². The van der Waals surface area contributed by atoms with Crippen LogP contribution in [0.15, 0.2) is 81.5 Å². The summed E-state index contributed by atoms with van der Waals surface area (Å²) in [5.41, 5.74) is 1.70. The maximum atomic E-state index is 6.11. The van der Waals surface area contributed by atoms with E-state index in [1.807, 2.05) is 36.4 Å². The molecular weight excluding hydrogens is 381 g/mol. The molecule has 0 unspecified atom stereocenters. The van der Waals surface area contributed by atoms with Gasteiger partial charge in [0.25, 0.3) is 0 Å². The summed E-state index contributed by atoms with van der Waals surface area (Å²) in [4.78, 5) is 6.70. The normalized spacial score (nSPS) is 11.1. The Balaban J connectivity index is 1.70. The molecule has 0 saturated heterocycles. The number of hydrogen-bond donors (Lipinski definition) is 0. The summed E-state index contributed by atoms with van der Waals surface area (Å²) >= 11 is 19.6. The van der Waals surface area contributed by atoms with Gasteiger partial charge in [-0.15, -0.1) is 0 Å². The lowest BCUT2D eigenvalue weighted by molar-refractivity contribution is 1.40. The predicted octanol–water partition coefficient (Wildman–Crippen LogP) is 7.55. The van der Waals surface area contributed by atoms with Crippen LogP contribution in [-0.2, 0) is 0 Å². The van der Waals surface area contributed by atoms with E-state index in [0.717, 1.165) is 20.4 Å². The topological polar surface area (TPSA) is 12.4 Å². The first kappa shape index (κ1) is 17.4. The fourth-order valence-electron chi connectivity index (χ4n) is 1.99. The van der Waals surface area contributed by atoms with Crippen molar-refractivity contribution in [3.8, 4) is 0 Å². The predicted molar refractivity (Wildman–Crippen MR) is 106 cm³/mol. The highest BCUT2D eigenvalue weighted by Gasteiger charge is 2.00. The van der Waals surface area contributed by atoms with Crippen LogP contribution in [-0.4, -0.2) is 6.21 Å². The Bertz CT molecular complexity index is 859. The molecule has 0 atom stereocenters. The van der Waals surface area contributed by atoms with Crippen molar-refractivity contribution in [3.63, 3.8) is 0 Å². The lowest BCUT2D eigenvalue weighted by Crippen LogP contribution is -1.81. The Morgan fingerprint density at radius 1 is 0.708 bits per heavy atom. The molecule has 24 heavy (non-hydrogen) atoms. The number of rotatable bonds is 4. The minimum absolute atomic E-state index is 0.536. The fraction of sp³-hybridized carbons (Fsp3) is 0. The van der Waals surface area contributed by atoms with Crippen LogP contribution in [0.4, 0.5) is 5.69 Å². The summed E-state index contributed by atoms with van der Waals surface area (Å²) in [5, 5.41) is 1.88. The Kier molecular flexibility index (Phi) is 5.85. The van der Waals surface area contributed by atoms with Gasteiger partial charge in [-0.1, -0.05) is 58.7 Å². The van der Waals surface area contributed by atoms with Gasteiger partial charge in [-0.3, -0.25) is 4.99 Å². The molecular formula is C19H12Cl3NS. The molecule has 0 radical (unpaired) electrons. The molecule has 3 aromatic carbocycles. The molecule has 0 bridgehead atoms. The van der Waals surface area contributed by atoms with Crippen LogP contribution >= 0.6 is 46.6 Å². The van der Waals surface area contributed by atoms with Gasteiger partial charge in [-0.2, -0.15) is 0 Å². The number of hydrogen-bond acceptors (Lipinski definition) is 2. The minimum Gasteiger partial charge on any atom is -0.255 e. The highest BCUT2D eigenvalue weighted by atomic mass is 35.5. The lowest BCUT2D eigenvalue weighted by Gasteiger charge is -2.03. The van der Waals surface area contributed by atoms with E-state index in [1.165, 1.54) is 0 Å². The van der Waals surface area contributed by atoms with Gasteiger partial charge in [-0.25, -0.2) is 0 Å². The maximum Gasteiger partial charge on any atom is 0.0817 e. The van der Waals surface area contributed by atoms with Crippen LogP contribution in [0.2, 0.25) is 15.1 Å². The van der Waals surface area contributed by atoms with Crippen LogP contribution in [0, 0.1) is 0 Å². The van der Waals surface area contributed by atoms with Gasteiger partial charge in [0.15, 0.2) is 0 Å². The first-order valence-electron chi connectivity index (χ1n) is 7.13. The summed E-state index contributed by atoms with van der Waals surface area (Å²) in [6.07, 6.45) is 1.78. The summed E-state index contributed by atoms with van der Waals surface area (Å²) < 4.78 is 0. The first-order valence-corrected chi connectivity index (χ1v) is 9.08. The molecule has 0 aliphatic rings. The van der Waals surface area contributed by atoms with Crippen molar-refractivity contribution in [2.24, 2.45) is 4.99 Å². The van der Waals surface area contributed by atoms with Crippen molar-refractivity contribution in [3.05, 3.63) is 87.4 Å². The first-order chi connectivity index (χ1) is 11.6. The molecule has 120 valence electrons. The molecule has 0 N–H and O–H groups in total. The zero-order valence-corrected chi connectivity index (χ0v) is 15.5. The van der Waals surface area contributed by atoms with Gasteiger partial charge in [0.2, 0.25) is 0 Å².